The lowest BCUT2D eigenvalue weighted by Crippen LogP contribution is -2.37. The number of nitrogens with two attached hydrogens (primary N) is 1. The summed E-state index contributed by atoms with van der Waals surface area (Å²) in [5.74, 6) is -1.54. The average Bonchev–Trinajstić information content (AvgIpc) is 2.78. The second kappa shape index (κ2) is 5.05. The molecule has 1 aliphatic heterocycles. The number of hydrogen-bond acceptors (Lipinski definition) is 5. The number of hydrogen-bond donors (Lipinski definition) is 2. The number of carbonyl (C=O) groups excluding carboxylic acids is 1. The third kappa shape index (κ3) is 2.60. The van der Waals surface area contributed by atoms with E-state index in [-0.39, 0.29) is 0 Å². The van der Waals surface area contributed by atoms with Gasteiger partial charge in [0.25, 0.3) is 0 Å². The van der Waals surface area contributed by atoms with E-state index in [4.69, 9.17) is 15.7 Å². The minimum atomic E-state index is -0.974. The fourth-order valence-corrected chi connectivity index (χ4v) is 1.87. The normalized spacial score (nSPS) is 19.7. The molecule has 1 aliphatic rings. The van der Waals surface area contributed by atoms with E-state index >= 15 is 0 Å². The Hall–Kier alpha value is -2.08. The van der Waals surface area contributed by atoms with Crippen LogP contribution in [0.25, 0.3) is 0 Å². The van der Waals surface area contributed by atoms with Crippen molar-refractivity contribution in [3.05, 3.63) is 29.8 Å². The van der Waals surface area contributed by atoms with E-state index in [0.717, 1.165) is 0 Å². The summed E-state index contributed by atoms with van der Waals surface area (Å²) >= 11 is 0. The Bertz CT molecular complexity index is 458. The summed E-state index contributed by atoms with van der Waals surface area (Å²) in [7, 11) is 0. The minimum absolute atomic E-state index is 0.347. The van der Waals surface area contributed by atoms with Crippen LogP contribution in [0.2, 0.25) is 0 Å². The van der Waals surface area contributed by atoms with E-state index in [9.17, 15) is 9.59 Å². The summed E-state index contributed by atoms with van der Waals surface area (Å²) < 4.78 is 0. The fraction of sp³-hybridized carbons (Fsp3) is 0.333. The van der Waals surface area contributed by atoms with Crippen molar-refractivity contribution in [1.82, 2.24) is 5.06 Å². The van der Waals surface area contributed by atoms with E-state index < -0.39 is 18.0 Å². The van der Waals surface area contributed by atoms with Crippen molar-refractivity contribution < 1.29 is 19.5 Å². The van der Waals surface area contributed by atoms with Crippen LogP contribution in [0.5, 0.6) is 0 Å². The van der Waals surface area contributed by atoms with Crippen LogP contribution in [-0.4, -0.2) is 34.7 Å². The zero-order valence-corrected chi connectivity index (χ0v) is 9.70. The molecule has 1 heterocycles. The zero-order valence-electron chi connectivity index (χ0n) is 9.70. The number of benzene rings is 1. The van der Waals surface area contributed by atoms with Crippen LogP contribution in [0, 0.1) is 0 Å². The monoisotopic (exact) mass is 250 g/mol. The maximum absolute atomic E-state index is 11.8. The Kier molecular flexibility index (Phi) is 3.47. The average molecular weight is 250 g/mol. The molecule has 96 valence electrons. The lowest BCUT2D eigenvalue weighted by molar-refractivity contribution is -0.162. The highest BCUT2D eigenvalue weighted by molar-refractivity contribution is 5.89. The first-order chi connectivity index (χ1) is 8.58. The molecule has 0 spiro atoms. The van der Waals surface area contributed by atoms with Crippen molar-refractivity contribution in [3.8, 4) is 0 Å². The van der Waals surface area contributed by atoms with Gasteiger partial charge < -0.3 is 15.7 Å². The molecular formula is C12H14N2O4. The summed E-state index contributed by atoms with van der Waals surface area (Å²) in [4.78, 5) is 27.8. The summed E-state index contributed by atoms with van der Waals surface area (Å²) in [6.45, 7) is 0.442. The molecule has 1 fully saturated rings. The number of carboxylic acid groups (broad SMARTS) is 1. The SMILES string of the molecule is Nc1ccc(C(=O)ON2CCC[C@H]2C(=O)O)cc1. The van der Waals surface area contributed by atoms with E-state index in [1.807, 2.05) is 0 Å². The third-order valence-corrected chi connectivity index (χ3v) is 2.84. The van der Waals surface area contributed by atoms with E-state index in [0.29, 0.717) is 30.6 Å². The van der Waals surface area contributed by atoms with E-state index in [2.05, 4.69) is 0 Å². The molecule has 1 saturated heterocycles. The molecule has 1 aromatic rings. The second-order valence-electron chi connectivity index (χ2n) is 4.14. The number of nitrogen functional groups attached to an aromatic ring is 1. The Morgan fingerprint density at radius 3 is 2.61 bits per heavy atom. The number of carboxylic acids is 1. The molecule has 3 N–H and O–H groups in total. The highest BCUT2D eigenvalue weighted by atomic mass is 16.7. The van der Waals surface area contributed by atoms with Gasteiger partial charge >= 0.3 is 11.9 Å². The molecule has 0 saturated carbocycles. The van der Waals surface area contributed by atoms with Crippen molar-refractivity contribution in [3.63, 3.8) is 0 Å². The number of nitrogens with zero attached hydrogens (tertiary/aromatic N) is 1. The lowest BCUT2D eigenvalue weighted by atomic mass is 10.2. The summed E-state index contributed by atoms with van der Waals surface area (Å²) in [5.41, 5.74) is 6.41. The first-order valence-corrected chi connectivity index (χ1v) is 5.65. The van der Waals surface area contributed by atoms with Crippen LogP contribution in [-0.2, 0) is 9.63 Å². The molecule has 0 radical (unpaired) electrons. The molecule has 0 amide bonds. The molecule has 0 aromatic heterocycles. The molecule has 0 bridgehead atoms. The Morgan fingerprint density at radius 1 is 1.33 bits per heavy atom. The largest absolute Gasteiger partial charge is 0.480 e. The van der Waals surface area contributed by atoms with Gasteiger partial charge in [-0.05, 0) is 37.1 Å². The molecule has 2 rings (SSSR count). The summed E-state index contributed by atoms with van der Waals surface area (Å²) in [6.07, 6.45) is 1.19. The first kappa shape index (κ1) is 12.4. The molecule has 6 heteroatoms. The van der Waals surface area contributed by atoms with Gasteiger partial charge in [0.2, 0.25) is 0 Å². The zero-order chi connectivity index (χ0) is 13.1. The molecule has 1 aromatic carbocycles. The van der Waals surface area contributed by atoms with Crippen molar-refractivity contribution in [1.29, 1.82) is 0 Å². The number of hydroxylamine groups is 2. The highest BCUT2D eigenvalue weighted by Gasteiger charge is 2.33. The van der Waals surface area contributed by atoms with Crippen LogP contribution < -0.4 is 5.73 Å². The van der Waals surface area contributed by atoms with Gasteiger partial charge in [-0.3, -0.25) is 4.79 Å². The Balaban J connectivity index is 2.03. The minimum Gasteiger partial charge on any atom is -0.480 e. The van der Waals surface area contributed by atoms with Gasteiger partial charge in [-0.1, -0.05) is 0 Å². The summed E-state index contributed by atoms with van der Waals surface area (Å²) in [6, 6.07) is 5.53. The topological polar surface area (TPSA) is 92.9 Å². The van der Waals surface area contributed by atoms with Crippen molar-refractivity contribution in [2.24, 2.45) is 0 Å². The van der Waals surface area contributed by atoms with Crippen molar-refractivity contribution >= 4 is 17.6 Å². The predicted octanol–water partition coefficient (Wildman–Crippen LogP) is 0.890. The second-order valence-corrected chi connectivity index (χ2v) is 4.14. The third-order valence-electron chi connectivity index (χ3n) is 2.84. The van der Waals surface area contributed by atoms with Gasteiger partial charge in [0, 0.05) is 12.2 Å². The molecular weight excluding hydrogens is 236 g/mol. The first-order valence-electron chi connectivity index (χ1n) is 5.65. The van der Waals surface area contributed by atoms with Crippen molar-refractivity contribution in [2.45, 2.75) is 18.9 Å². The van der Waals surface area contributed by atoms with Gasteiger partial charge in [0.05, 0.1) is 5.56 Å². The van der Waals surface area contributed by atoms with E-state index in [1.54, 1.807) is 24.3 Å². The smallest absolute Gasteiger partial charge is 0.357 e. The van der Waals surface area contributed by atoms with Gasteiger partial charge in [-0.25, -0.2) is 4.79 Å². The van der Waals surface area contributed by atoms with Crippen LogP contribution in [0.3, 0.4) is 0 Å². The Morgan fingerprint density at radius 2 is 2.00 bits per heavy atom. The van der Waals surface area contributed by atoms with Gasteiger partial charge in [0.1, 0.15) is 6.04 Å². The van der Waals surface area contributed by atoms with Crippen LogP contribution >= 0.6 is 0 Å². The predicted molar refractivity (Wildman–Crippen MR) is 63.6 cm³/mol. The number of anilines is 1. The molecule has 0 unspecified atom stereocenters. The molecule has 1 atom stereocenters. The van der Waals surface area contributed by atoms with E-state index in [1.165, 1.54) is 5.06 Å². The van der Waals surface area contributed by atoms with Gasteiger partial charge in [-0.15, -0.1) is 5.06 Å². The number of carbonyl (C=O) groups is 2. The fourth-order valence-electron chi connectivity index (χ4n) is 1.87. The Labute approximate surface area is 104 Å². The van der Waals surface area contributed by atoms with Gasteiger partial charge in [0.15, 0.2) is 0 Å². The molecule has 18 heavy (non-hydrogen) atoms. The maximum atomic E-state index is 11.8. The van der Waals surface area contributed by atoms with Gasteiger partial charge in [-0.2, -0.15) is 0 Å². The standard InChI is InChI=1S/C12H14N2O4/c13-9-5-3-8(4-6-9)12(17)18-14-7-1-2-10(14)11(15)16/h3-6,10H,1-2,7,13H2,(H,15,16)/t10-/m0/s1. The highest BCUT2D eigenvalue weighted by Crippen LogP contribution is 2.19. The van der Waals surface area contributed by atoms with Crippen LogP contribution in [0.4, 0.5) is 5.69 Å². The number of aliphatic carboxylic acids is 1. The van der Waals surface area contributed by atoms with Crippen LogP contribution in [0.1, 0.15) is 23.2 Å². The summed E-state index contributed by atoms with van der Waals surface area (Å²) in [5, 5.41) is 10.2. The maximum Gasteiger partial charge on any atom is 0.357 e. The quantitative estimate of drug-likeness (QED) is 0.774. The van der Waals surface area contributed by atoms with Crippen LogP contribution in [0.15, 0.2) is 24.3 Å². The molecule has 6 nitrogen and oxygen atoms in total. The molecule has 0 aliphatic carbocycles. The lowest BCUT2D eigenvalue weighted by Gasteiger charge is -2.19. The number of rotatable bonds is 3. The van der Waals surface area contributed by atoms with Crippen molar-refractivity contribution in [2.75, 3.05) is 12.3 Å².